The molecule has 0 unspecified atom stereocenters. The van der Waals surface area contributed by atoms with Gasteiger partial charge >= 0.3 is 6.85 Å². The normalized spacial score (nSPS) is 13.4. The molecule has 0 atom stereocenters. The highest BCUT2D eigenvalue weighted by Crippen LogP contribution is 2.52. The van der Waals surface area contributed by atoms with Crippen molar-refractivity contribution >= 4 is 84.9 Å². The average molecular weight is 870 g/mol. The number of fused-ring (bicyclic) bond motifs is 9. The summed E-state index contributed by atoms with van der Waals surface area (Å²) < 4.78 is 9.96. The predicted molar refractivity (Wildman–Crippen MR) is 286 cm³/mol. The highest BCUT2D eigenvalue weighted by molar-refractivity contribution is 6.89. The van der Waals surface area contributed by atoms with Crippen molar-refractivity contribution in [3.63, 3.8) is 0 Å². The van der Waals surface area contributed by atoms with E-state index < -0.39 is 0 Å². The van der Waals surface area contributed by atoms with Gasteiger partial charge in [-0.3, -0.25) is 0 Å². The molecule has 4 heterocycles. The quantitative estimate of drug-likeness (QED) is 0.161. The van der Waals surface area contributed by atoms with E-state index in [9.17, 15) is 0 Å². The fourth-order valence-corrected chi connectivity index (χ4v) is 10.9. The summed E-state index contributed by atoms with van der Waals surface area (Å²) in [5.41, 5.74) is 20.9. The lowest BCUT2D eigenvalue weighted by Crippen LogP contribution is -2.56. The van der Waals surface area contributed by atoms with Gasteiger partial charge < -0.3 is 18.7 Å². The molecule has 0 amide bonds. The van der Waals surface area contributed by atoms with E-state index in [-0.39, 0.29) is 23.1 Å². The number of rotatable bonds is 5. The summed E-state index contributed by atoms with van der Waals surface area (Å²) in [6.07, 6.45) is 0. The van der Waals surface area contributed by atoms with E-state index in [1.807, 2.05) is 0 Å². The van der Waals surface area contributed by atoms with Gasteiger partial charge in [0, 0.05) is 55.4 Å². The van der Waals surface area contributed by atoms with Crippen molar-refractivity contribution in [2.75, 3.05) is 9.80 Å². The second-order valence-corrected chi connectivity index (χ2v) is 21.8. The molecule has 0 N–H and O–H groups in total. The average Bonchev–Trinajstić information content (AvgIpc) is 3.87. The lowest BCUT2D eigenvalue weighted by Gasteiger charge is -2.40. The molecule has 0 fully saturated rings. The number of benzene rings is 8. The fraction of sp³-hybridized carbons (Fsp3) is 0.194. The predicted octanol–water partition coefficient (Wildman–Crippen LogP) is 16.0. The molecule has 0 bridgehead atoms. The van der Waals surface area contributed by atoms with Crippen LogP contribution in [0.4, 0.5) is 34.1 Å². The summed E-state index contributed by atoms with van der Waals surface area (Å²) in [6, 6.07) is 65.4. The van der Waals surface area contributed by atoms with Gasteiger partial charge in [-0.2, -0.15) is 0 Å². The van der Waals surface area contributed by atoms with Crippen LogP contribution in [0.15, 0.2) is 180 Å². The monoisotopic (exact) mass is 869 g/mol. The maximum atomic E-state index is 7.32. The lowest BCUT2D eigenvalue weighted by molar-refractivity contribution is 0.589. The zero-order chi connectivity index (χ0) is 46.1. The number of hydrogen-bond acceptors (Lipinski definition) is 3. The first-order chi connectivity index (χ1) is 32.2. The number of aromatic nitrogens is 1. The Balaban J connectivity index is 1.23. The van der Waals surface area contributed by atoms with Crippen LogP contribution in [0.3, 0.4) is 0 Å². The Morgan fingerprint density at radius 1 is 0.493 bits per heavy atom. The SMILES string of the molecule is CC(C)(C)c1ccc(N2c3cc(C(C)(C)C)cc4c3B(c3oc5ccccc5c32)n2c3cccc(N(c5ccccc5)c5ccccc5-c5ccccc5)c3c3cc(C(C)(C)C)cc-4c32)cc1. The number of anilines is 6. The van der Waals surface area contributed by atoms with Gasteiger partial charge in [-0.1, -0.05) is 165 Å². The Morgan fingerprint density at radius 3 is 1.82 bits per heavy atom. The number of furan rings is 1. The number of para-hydroxylation sites is 3. The smallest absolute Gasteiger partial charge is 0.375 e. The Kier molecular flexibility index (Phi) is 9.00. The van der Waals surface area contributed by atoms with E-state index >= 15 is 0 Å². The van der Waals surface area contributed by atoms with Crippen molar-refractivity contribution in [2.24, 2.45) is 0 Å². The third kappa shape index (κ3) is 6.34. The molecule has 10 aromatic rings. The lowest BCUT2D eigenvalue weighted by atomic mass is 9.47. The van der Waals surface area contributed by atoms with E-state index in [0.717, 1.165) is 45.1 Å². The highest BCUT2D eigenvalue weighted by Gasteiger charge is 2.47. The maximum Gasteiger partial charge on any atom is 0.375 e. The van der Waals surface area contributed by atoms with E-state index in [2.05, 4.69) is 253 Å². The van der Waals surface area contributed by atoms with Gasteiger partial charge in [0.05, 0.1) is 17.1 Å². The minimum Gasteiger partial charge on any atom is -0.466 e. The molecule has 67 heavy (non-hydrogen) atoms. The van der Waals surface area contributed by atoms with Crippen LogP contribution >= 0.6 is 0 Å². The molecule has 12 rings (SSSR count). The zero-order valence-corrected chi connectivity index (χ0v) is 40.1. The van der Waals surface area contributed by atoms with Crippen molar-refractivity contribution in [2.45, 2.75) is 78.6 Å². The van der Waals surface area contributed by atoms with Gasteiger partial charge in [-0.05, 0) is 122 Å². The Bertz CT molecular complexity index is 3580. The van der Waals surface area contributed by atoms with E-state index in [1.165, 1.54) is 71.9 Å². The van der Waals surface area contributed by atoms with Crippen LogP contribution in [0.25, 0.3) is 55.0 Å². The van der Waals surface area contributed by atoms with Crippen LogP contribution < -0.4 is 20.9 Å². The second-order valence-electron chi connectivity index (χ2n) is 21.8. The molecule has 2 aliphatic heterocycles. The fourth-order valence-electron chi connectivity index (χ4n) is 10.9. The van der Waals surface area contributed by atoms with Crippen molar-refractivity contribution in [3.05, 3.63) is 193 Å². The van der Waals surface area contributed by atoms with Crippen LogP contribution in [-0.4, -0.2) is 11.3 Å². The number of hydrogen-bond donors (Lipinski definition) is 0. The summed E-state index contributed by atoms with van der Waals surface area (Å²) in [5.74, 6) is 0. The maximum absolute atomic E-state index is 7.32. The molecule has 0 saturated heterocycles. The van der Waals surface area contributed by atoms with Gasteiger partial charge in [0.15, 0.2) is 0 Å². The summed E-state index contributed by atoms with van der Waals surface area (Å²) in [6.45, 7) is 20.7. The summed E-state index contributed by atoms with van der Waals surface area (Å²) in [5, 5.41) is 3.58. The van der Waals surface area contributed by atoms with Crippen molar-refractivity contribution < 1.29 is 4.42 Å². The molecule has 0 aliphatic carbocycles. The van der Waals surface area contributed by atoms with Gasteiger partial charge in [-0.15, -0.1) is 0 Å². The Morgan fingerprint density at radius 2 is 1.10 bits per heavy atom. The third-order valence-electron chi connectivity index (χ3n) is 14.4. The Hall–Kier alpha value is -7.24. The van der Waals surface area contributed by atoms with E-state index in [1.54, 1.807) is 0 Å². The van der Waals surface area contributed by atoms with Crippen molar-refractivity contribution in [1.82, 2.24) is 4.48 Å². The molecule has 5 heteroatoms. The molecule has 2 aromatic heterocycles. The second kappa shape index (κ2) is 14.6. The third-order valence-corrected chi connectivity index (χ3v) is 14.4. The van der Waals surface area contributed by atoms with Crippen molar-refractivity contribution in [1.29, 1.82) is 0 Å². The molecular weight excluding hydrogens is 814 g/mol. The number of nitrogens with zero attached hydrogens (tertiary/aromatic N) is 3. The zero-order valence-electron chi connectivity index (χ0n) is 40.1. The van der Waals surface area contributed by atoms with Gasteiger partial charge in [0.25, 0.3) is 0 Å². The van der Waals surface area contributed by atoms with Crippen LogP contribution in [0.2, 0.25) is 0 Å². The Labute approximate surface area is 395 Å². The summed E-state index contributed by atoms with van der Waals surface area (Å²) in [4.78, 5) is 5.01. The topological polar surface area (TPSA) is 24.6 Å². The molecule has 328 valence electrons. The van der Waals surface area contributed by atoms with Crippen molar-refractivity contribution in [3.8, 4) is 22.3 Å². The van der Waals surface area contributed by atoms with E-state index in [0.29, 0.717) is 0 Å². The molecule has 4 nitrogen and oxygen atoms in total. The van der Waals surface area contributed by atoms with Crippen LogP contribution in [0, 0.1) is 0 Å². The van der Waals surface area contributed by atoms with Crippen LogP contribution in [0.1, 0.15) is 79.0 Å². The minimum atomic E-state index is -0.239. The van der Waals surface area contributed by atoms with E-state index in [4.69, 9.17) is 4.42 Å². The first kappa shape index (κ1) is 41.2. The highest BCUT2D eigenvalue weighted by atomic mass is 16.3. The largest absolute Gasteiger partial charge is 0.466 e. The minimum absolute atomic E-state index is 0.0260. The van der Waals surface area contributed by atoms with Gasteiger partial charge in [-0.25, -0.2) is 0 Å². The summed E-state index contributed by atoms with van der Waals surface area (Å²) >= 11 is 0. The summed E-state index contributed by atoms with van der Waals surface area (Å²) in [7, 11) is 0. The van der Waals surface area contributed by atoms with Gasteiger partial charge in [0.2, 0.25) is 0 Å². The van der Waals surface area contributed by atoms with Crippen LogP contribution in [-0.2, 0) is 16.2 Å². The molecule has 2 aliphatic rings. The molecule has 0 saturated carbocycles. The first-order valence-corrected chi connectivity index (χ1v) is 23.9. The van der Waals surface area contributed by atoms with Crippen LogP contribution in [0.5, 0.6) is 0 Å². The molecule has 0 radical (unpaired) electrons. The van der Waals surface area contributed by atoms with Gasteiger partial charge in [0.1, 0.15) is 11.2 Å². The standard InChI is InChI=1S/C62H56BN3O/c1-60(2,3)40-31-33-44(34-32-40)65-53-38-42(62(7,8)9)35-47-48-36-41(61(4,5)6)37-49-55-51(64(43-23-14-11-15-24-43)50-27-18-16-25-45(50)39-21-12-10-13-22-39)28-20-29-52(55)66(57(48)49)63(56(47)53)59-58(65)46-26-17-19-30-54(46)67-59/h10-38H,1-9H3. The molecular formula is C62H56BN3O. The molecule has 8 aromatic carbocycles. The molecule has 0 spiro atoms. The first-order valence-electron chi connectivity index (χ1n) is 23.9.